The second-order valence-corrected chi connectivity index (χ2v) is 7.12. The highest BCUT2D eigenvalue weighted by Gasteiger charge is 2.12. The molecule has 0 unspecified atom stereocenters. The van der Waals surface area contributed by atoms with Crippen LogP contribution in [0.4, 0.5) is 0 Å². The minimum absolute atomic E-state index is 0.276. The Morgan fingerprint density at radius 2 is 1.76 bits per heavy atom. The van der Waals surface area contributed by atoms with E-state index < -0.39 is 0 Å². The van der Waals surface area contributed by atoms with E-state index in [1.54, 1.807) is 31.4 Å². The first-order valence-corrected chi connectivity index (χ1v) is 8.84. The number of nitrogens with zero attached hydrogens (tertiary/aromatic N) is 2. The van der Waals surface area contributed by atoms with Crippen LogP contribution in [0.25, 0.3) is 11.3 Å². The fourth-order valence-corrected chi connectivity index (χ4v) is 3.68. The van der Waals surface area contributed by atoms with E-state index in [4.69, 9.17) is 16.3 Å². The van der Waals surface area contributed by atoms with Gasteiger partial charge >= 0.3 is 0 Å². The van der Waals surface area contributed by atoms with Gasteiger partial charge in [-0.2, -0.15) is 4.99 Å². The van der Waals surface area contributed by atoms with E-state index in [2.05, 4.69) is 4.99 Å². The first-order valence-electron chi connectivity index (χ1n) is 7.65. The third kappa shape index (κ3) is 3.67. The zero-order valence-electron chi connectivity index (χ0n) is 14.1. The molecule has 0 bridgehead atoms. The van der Waals surface area contributed by atoms with Gasteiger partial charge in [0.15, 0.2) is 4.80 Å². The van der Waals surface area contributed by atoms with Crippen LogP contribution in [0.1, 0.15) is 15.2 Å². The molecule has 4 nitrogen and oxygen atoms in total. The van der Waals surface area contributed by atoms with Crippen molar-refractivity contribution in [2.45, 2.75) is 6.92 Å². The number of aryl methyl sites for hydroxylation is 1. The highest BCUT2D eigenvalue weighted by molar-refractivity contribution is 7.09. The average molecular weight is 373 g/mol. The van der Waals surface area contributed by atoms with Crippen molar-refractivity contribution in [3.05, 3.63) is 68.8 Å². The first-order chi connectivity index (χ1) is 12.0. The van der Waals surface area contributed by atoms with E-state index in [9.17, 15) is 4.79 Å². The molecule has 0 aliphatic rings. The Hall–Kier alpha value is -2.37. The van der Waals surface area contributed by atoms with Crippen LogP contribution in [-0.2, 0) is 7.05 Å². The van der Waals surface area contributed by atoms with Gasteiger partial charge in [-0.1, -0.05) is 23.7 Å². The Bertz CT molecular complexity index is 970. The maximum atomic E-state index is 12.4. The highest BCUT2D eigenvalue weighted by Crippen LogP contribution is 2.25. The lowest BCUT2D eigenvalue weighted by Gasteiger charge is -2.05. The molecule has 0 fully saturated rings. The summed E-state index contributed by atoms with van der Waals surface area (Å²) in [5, 5.41) is 0.693. The molecule has 0 N–H and O–H groups in total. The minimum atomic E-state index is -0.276. The topological polar surface area (TPSA) is 43.6 Å². The number of amides is 1. The third-order valence-electron chi connectivity index (χ3n) is 3.85. The molecule has 1 amide bonds. The van der Waals surface area contributed by atoms with Gasteiger partial charge < -0.3 is 9.30 Å². The van der Waals surface area contributed by atoms with Crippen LogP contribution >= 0.6 is 22.9 Å². The van der Waals surface area contributed by atoms with E-state index in [-0.39, 0.29) is 5.91 Å². The molecule has 6 heteroatoms. The quantitative estimate of drug-likeness (QED) is 0.681. The zero-order chi connectivity index (χ0) is 18.0. The van der Waals surface area contributed by atoms with Crippen molar-refractivity contribution in [1.82, 2.24) is 4.57 Å². The number of benzene rings is 2. The fourth-order valence-electron chi connectivity index (χ4n) is 2.57. The molecule has 0 aliphatic heterocycles. The average Bonchev–Trinajstić information content (AvgIpc) is 2.89. The van der Waals surface area contributed by atoms with Crippen LogP contribution in [0.3, 0.4) is 0 Å². The van der Waals surface area contributed by atoms with Crippen molar-refractivity contribution >= 4 is 28.8 Å². The summed E-state index contributed by atoms with van der Waals surface area (Å²) in [4.78, 5) is 18.5. The molecule has 0 saturated carbocycles. The molecule has 0 radical (unpaired) electrons. The highest BCUT2D eigenvalue weighted by atomic mass is 35.5. The van der Waals surface area contributed by atoms with Gasteiger partial charge in [0, 0.05) is 22.5 Å². The lowest BCUT2D eigenvalue weighted by molar-refractivity contribution is 0.0998. The lowest BCUT2D eigenvalue weighted by atomic mass is 10.1. The van der Waals surface area contributed by atoms with Gasteiger partial charge in [0.1, 0.15) is 5.75 Å². The molecule has 3 aromatic rings. The van der Waals surface area contributed by atoms with Crippen LogP contribution in [0.2, 0.25) is 5.02 Å². The number of rotatable bonds is 3. The summed E-state index contributed by atoms with van der Waals surface area (Å²) >= 11 is 7.45. The van der Waals surface area contributed by atoms with Crippen molar-refractivity contribution < 1.29 is 9.53 Å². The minimum Gasteiger partial charge on any atom is -0.497 e. The first kappa shape index (κ1) is 17.5. The number of carbonyl (C=O) groups is 1. The Morgan fingerprint density at radius 1 is 1.12 bits per heavy atom. The maximum Gasteiger partial charge on any atom is 0.279 e. The predicted molar refractivity (Wildman–Crippen MR) is 101 cm³/mol. The molecule has 1 heterocycles. The normalized spacial score (nSPS) is 11.6. The molecule has 1 aromatic heterocycles. The van der Waals surface area contributed by atoms with Gasteiger partial charge in [0.05, 0.1) is 12.8 Å². The molecular weight excluding hydrogens is 356 g/mol. The molecule has 2 aromatic carbocycles. The van der Waals surface area contributed by atoms with Gasteiger partial charge in [-0.05, 0) is 48.9 Å². The summed E-state index contributed by atoms with van der Waals surface area (Å²) in [5.41, 5.74) is 2.60. The Balaban J connectivity index is 1.99. The predicted octanol–water partition coefficient (Wildman–Crippen LogP) is 4.47. The number of hydrogen-bond donors (Lipinski definition) is 0. The monoisotopic (exact) mass is 372 g/mol. The number of hydrogen-bond acceptors (Lipinski definition) is 3. The number of carbonyl (C=O) groups excluding carboxylic acids is 1. The van der Waals surface area contributed by atoms with Crippen molar-refractivity contribution in [2.75, 3.05) is 7.11 Å². The van der Waals surface area contributed by atoms with E-state index in [1.165, 1.54) is 11.3 Å². The molecule has 128 valence electrons. The summed E-state index contributed by atoms with van der Waals surface area (Å²) in [6.07, 6.45) is 0. The van der Waals surface area contributed by atoms with E-state index in [1.807, 2.05) is 42.8 Å². The van der Waals surface area contributed by atoms with Crippen LogP contribution in [-0.4, -0.2) is 17.6 Å². The molecule has 3 rings (SSSR count). The largest absolute Gasteiger partial charge is 0.497 e. The second-order valence-electron chi connectivity index (χ2n) is 5.50. The van der Waals surface area contributed by atoms with Gasteiger partial charge in [-0.15, -0.1) is 11.3 Å². The molecule has 25 heavy (non-hydrogen) atoms. The Kier molecular flexibility index (Phi) is 5.06. The van der Waals surface area contributed by atoms with Crippen molar-refractivity contribution in [3.8, 4) is 17.0 Å². The third-order valence-corrected chi connectivity index (χ3v) is 5.15. The molecule has 0 spiro atoms. The second kappa shape index (κ2) is 7.25. The molecule has 0 saturated heterocycles. The number of ether oxygens (including phenoxy) is 1. The summed E-state index contributed by atoms with van der Waals surface area (Å²) in [6, 6.07) is 14.6. The fraction of sp³-hybridized carbons (Fsp3) is 0.158. The summed E-state index contributed by atoms with van der Waals surface area (Å²) in [5.74, 6) is 0.432. The van der Waals surface area contributed by atoms with E-state index >= 15 is 0 Å². The number of thiazole rings is 1. The maximum absolute atomic E-state index is 12.4. The van der Waals surface area contributed by atoms with Gasteiger partial charge in [0.2, 0.25) is 0 Å². The smallest absolute Gasteiger partial charge is 0.279 e. The molecule has 0 aliphatic carbocycles. The standard InChI is InChI=1S/C19H17ClN2O2S/c1-12-17(13-4-8-15(20)9-5-13)22(2)19(25-12)21-18(23)14-6-10-16(24-3)11-7-14/h4-11H,1-3H3. The number of halogens is 1. The van der Waals surface area contributed by atoms with Gasteiger partial charge in [-0.25, -0.2) is 0 Å². The van der Waals surface area contributed by atoms with Crippen molar-refractivity contribution in [3.63, 3.8) is 0 Å². The zero-order valence-corrected chi connectivity index (χ0v) is 15.7. The molecule has 0 atom stereocenters. The van der Waals surface area contributed by atoms with Crippen molar-refractivity contribution in [2.24, 2.45) is 12.0 Å². The summed E-state index contributed by atoms with van der Waals surface area (Å²) in [7, 11) is 3.50. The van der Waals surface area contributed by atoms with E-state index in [0.29, 0.717) is 21.1 Å². The summed E-state index contributed by atoms with van der Waals surface area (Å²) < 4.78 is 7.04. The van der Waals surface area contributed by atoms with Crippen LogP contribution in [0, 0.1) is 6.92 Å². The summed E-state index contributed by atoms with van der Waals surface area (Å²) in [6.45, 7) is 2.02. The lowest BCUT2D eigenvalue weighted by Crippen LogP contribution is -2.14. The van der Waals surface area contributed by atoms with Gasteiger partial charge in [0.25, 0.3) is 5.91 Å². The van der Waals surface area contributed by atoms with Crippen LogP contribution in [0.15, 0.2) is 53.5 Å². The Labute approximate surface area is 155 Å². The molecular formula is C19H17ClN2O2S. The number of aromatic nitrogens is 1. The Morgan fingerprint density at radius 3 is 2.36 bits per heavy atom. The van der Waals surface area contributed by atoms with Gasteiger partial charge in [-0.3, -0.25) is 4.79 Å². The SMILES string of the molecule is COc1ccc(C(=O)N=c2sc(C)c(-c3ccc(Cl)cc3)n2C)cc1. The van der Waals surface area contributed by atoms with Crippen LogP contribution in [0.5, 0.6) is 5.75 Å². The van der Waals surface area contributed by atoms with Crippen molar-refractivity contribution in [1.29, 1.82) is 0 Å². The van der Waals surface area contributed by atoms with E-state index in [0.717, 1.165) is 16.1 Å². The number of methoxy groups -OCH3 is 1. The van der Waals surface area contributed by atoms with Crippen LogP contribution < -0.4 is 9.54 Å².